The van der Waals surface area contributed by atoms with Gasteiger partial charge in [0.2, 0.25) is 0 Å². The van der Waals surface area contributed by atoms with E-state index in [4.69, 9.17) is 21.7 Å². The van der Waals surface area contributed by atoms with Gasteiger partial charge in [-0.15, -0.1) is 0 Å². The third-order valence-corrected chi connectivity index (χ3v) is 6.48. The summed E-state index contributed by atoms with van der Waals surface area (Å²) in [7, 11) is 0. The highest BCUT2D eigenvalue weighted by Crippen LogP contribution is 2.34. The molecular weight excluding hydrogens is 430 g/mol. The summed E-state index contributed by atoms with van der Waals surface area (Å²) in [6, 6.07) is 16.1. The molecule has 1 aliphatic heterocycles. The summed E-state index contributed by atoms with van der Waals surface area (Å²) in [5.41, 5.74) is 4.39. The number of thioether (sulfide) groups is 1. The van der Waals surface area contributed by atoms with Gasteiger partial charge in [0.15, 0.2) is 0 Å². The summed E-state index contributed by atoms with van der Waals surface area (Å²) >= 11 is 6.69. The highest BCUT2D eigenvalue weighted by Gasteiger charge is 2.32. The number of thiocarbonyl (C=S) groups is 1. The van der Waals surface area contributed by atoms with Crippen LogP contribution in [0.1, 0.15) is 32.8 Å². The number of carboxylic acids is 1. The Bertz CT molecular complexity index is 1220. The summed E-state index contributed by atoms with van der Waals surface area (Å²) < 4.78 is 6.37. The van der Waals surface area contributed by atoms with Crippen LogP contribution >= 0.6 is 24.0 Å². The van der Waals surface area contributed by atoms with E-state index in [1.54, 1.807) is 35.2 Å². The van der Waals surface area contributed by atoms with E-state index in [0.717, 1.165) is 11.1 Å². The van der Waals surface area contributed by atoms with Crippen molar-refractivity contribution in [2.75, 3.05) is 0 Å². The summed E-state index contributed by atoms with van der Waals surface area (Å²) in [5.74, 6) is 0.00397. The van der Waals surface area contributed by atoms with E-state index in [1.807, 2.05) is 19.1 Å². The predicted octanol–water partition coefficient (Wildman–Crippen LogP) is 5.66. The number of hydrogen-bond donors (Lipinski definition) is 1. The Balaban J connectivity index is 1.51. The highest BCUT2D eigenvalue weighted by atomic mass is 32.2. The Morgan fingerprint density at radius 1 is 1.10 bits per heavy atom. The third kappa shape index (κ3) is 4.47. The van der Waals surface area contributed by atoms with Crippen LogP contribution in [0.3, 0.4) is 0 Å². The second-order valence-corrected chi connectivity index (χ2v) is 8.95. The van der Waals surface area contributed by atoms with Crippen molar-refractivity contribution in [3.05, 3.63) is 87.5 Å². The lowest BCUT2D eigenvalue weighted by atomic mass is 10.1. The van der Waals surface area contributed by atoms with Gasteiger partial charge in [0.1, 0.15) is 15.8 Å². The zero-order valence-electron chi connectivity index (χ0n) is 16.9. The Labute approximate surface area is 189 Å². The Kier molecular flexibility index (Phi) is 5.80. The average molecular weight is 450 g/mol. The van der Waals surface area contributed by atoms with Gasteiger partial charge >= 0.3 is 5.97 Å². The molecule has 0 unspecified atom stereocenters. The third-order valence-electron chi connectivity index (χ3n) is 5.10. The molecule has 0 radical (unpaired) electrons. The average Bonchev–Trinajstić information content (AvgIpc) is 3.31. The molecule has 4 rings (SSSR count). The maximum atomic E-state index is 12.9. The van der Waals surface area contributed by atoms with Gasteiger partial charge in [0.25, 0.3) is 5.91 Å². The van der Waals surface area contributed by atoms with E-state index in [1.165, 1.54) is 35.0 Å². The normalized spacial score (nSPS) is 15.2. The van der Waals surface area contributed by atoms with Crippen LogP contribution in [0.2, 0.25) is 0 Å². The van der Waals surface area contributed by atoms with Gasteiger partial charge in [-0.25, -0.2) is 4.79 Å². The lowest BCUT2D eigenvalue weighted by molar-refractivity contribution is -0.122. The topological polar surface area (TPSA) is 70.8 Å². The first-order valence-electron chi connectivity index (χ1n) is 9.57. The fourth-order valence-electron chi connectivity index (χ4n) is 3.21. The summed E-state index contributed by atoms with van der Waals surface area (Å²) in [4.78, 5) is 26.0. The van der Waals surface area contributed by atoms with E-state index in [0.29, 0.717) is 27.3 Å². The van der Waals surface area contributed by atoms with Gasteiger partial charge in [0.05, 0.1) is 17.0 Å². The molecule has 1 aliphatic rings. The SMILES string of the molecule is Cc1ccc(CN2C(=O)/C(=C/c3ccc(-c4ccc(C(=O)O)cc4)o3)SC2=S)cc1C. The molecule has 0 bridgehead atoms. The van der Waals surface area contributed by atoms with Gasteiger partial charge in [0, 0.05) is 11.6 Å². The van der Waals surface area contributed by atoms with Gasteiger partial charge in [-0.2, -0.15) is 0 Å². The van der Waals surface area contributed by atoms with Crippen LogP contribution in [0.5, 0.6) is 0 Å². The van der Waals surface area contributed by atoms with Crippen molar-refractivity contribution in [2.45, 2.75) is 20.4 Å². The van der Waals surface area contributed by atoms with Crippen LogP contribution in [0, 0.1) is 13.8 Å². The van der Waals surface area contributed by atoms with Crippen molar-refractivity contribution in [2.24, 2.45) is 0 Å². The number of furan rings is 1. The van der Waals surface area contributed by atoms with E-state index < -0.39 is 5.97 Å². The monoisotopic (exact) mass is 449 g/mol. The van der Waals surface area contributed by atoms with Crippen LogP contribution in [0.25, 0.3) is 17.4 Å². The molecule has 0 saturated carbocycles. The number of rotatable bonds is 5. The first kappa shape index (κ1) is 21.1. The van der Waals surface area contributed by atoms with Crippen LogP contribution in [0.4, 0.5) is 0 Å². The van der Waals surface area contributed by atoms with Crippen LogP contribution in [-0.2, 0) is 11.3 Å². The number of carbonyl (C=O) groups excluding carboxylic acids is 1. The number of nitrogens with zero attached hydrogens (tertiary/aromatic N) is 1. The minimum atomic E-state index is -0.977. The zero-order valence-corrected chi connectivity index (χ0v) is 18.5. The summed E-state index contributed by atoms with van der Waals surface area (Å²) in [6.45, 7) is 4.54. The first-order valence-corrected chi connectivity index (χ1v) is 10.8. The number of carbonyl (C=O) groups is 2. The maximum Gasteiger partial charge on any atom is 0.335 e. The number of amides is 1. The minimum Gasteiger partial charge on any atom is -0.478 e. The number of aromatic carboxylic acids is 1. The van der Waals surface area contributed by atoms with Crippen molar-refractivity contribution in [3.8, 4) is 11.3 Å². The van der Waals surface area contributed by atoms with Gasteiger partial charge in [-0.05, 0) is 54.8 Å². The molecule has 1 N–H and O–H groups in total. The van der Waals surface area contributed by atoms with Crippen LogP contribution < -0.4 is 0 Å². The highest BCUT2D eigenvalue weighted by molar-refractivity contribution is 8.26. The second kappa shape index (κ2) is 8.53. The molecule has 7 heteroatoms. The van der Waals surface area contributed by atoms with E-state index in [-0.39, 0.29) is 11.5 Å². The predicted molar refractivity (Wildman–Crippen MR) is 126 cm³/mol. The lowest BCUT2D eigenvalue weighted by Crippen LogP contribution is -2.27. The van der Waals surface area contributed by atoms with Gasteiger partial charge in [-0.1, -0.05) is 54.3 Å². The molecular formula is C24H19NO4S2. The quantitative estimate of drug-likeness (QED) is 0.400. The van der Waals surface area contributed by atoms with Crippen LogP contribution in [-0.4, -0.2) is 26.2 Å². The maximum absolute atomic E-state index is 12.9. The van der Waals surface area contributed by atoms with Crippen molar-refractivity contribution < 1.29 is 19.1 Å². The molecule has 0 atom stereocenters. The molecule has 2 aromatic carbocycles. The fourth-order valence-corrected chi connectivity index (χ4v) is 4.45. The minimum absolute atomic E-state index is 0.142. The van der Waals surface area contributed by atoms with Crippen molar-refractivity contribution in [1.29, 1.82) is 0 Å². The summed E-state index contributed by atoms with van der Waals surface area (Å²) in [5, 5.41) is 9.02. The Morgan fingerprint density at radius 2 is 1.84 bits per heavy atom. The largest absolute Gasteiger partial charge is 0.478 e. The van der Waals surface area contributed by atoms with Crippen molar-refractivity contribution in [3.63, 3.8) is 0 Å². The molecule has 5 nitrogen and oxygen atoms in total. The molecule has 0 aliphatic carbocycles. The second-order valence-electron chi connectivity index (χ2n) is 7.27. The lowest BCUT2D eigenvalue weighted by Gasteiger charge is -2.15. The Morgan fingerprint density at radius 3 is 2.52 bits per heavy atom. The van der Waals surface area contributed by atoms with Crippen molar-refractivity contribution >= 4 is 46.3 Å². The van der Waals surface area contributed by atoms with Gasteiger partial charge in [-0.3, -0.25) is 9.69 Å². The zero-order chi connectivity index (χ0) is 22.1. The molecule has 2 heterocycles. The molecule has 3 aromatic rings. The molecule has 0 spiro atoms. The van der Waals surface area contributed by atoms with Gasteiger partial charge < -0.3 is 9.52 Å². The molecule has 1 fully saturated rings. The van der Waals surface area contributed by atoms with Crippen LogP contribution in [0.15, 0.2) is 63.9 Å². The molecule has 31 heavy (non-hydrogen) atoms. The van der Waals surface area contributed by atoms with E-state index in [9.17, 15) is 9.59 Å². The Hall–Kier alpha value is -3.16. The first-order chi connectivity index (χ1) is 14.8. The smallest absolute Gasteiger partial charge is 0.335 e. The summed E-state index contributed by atoms with van der Waals surface area (Å²) in [6.07, 6.45) is 1.69. The van der Waals surface area contributed by atoms with Crippen molar-refractivity contribution in [1.82, 2.24) is 4.90 Å². The molecule has 156 valence electrons. The number of aryl methyl sites for hydroxylation is 2. The molecule has 1 saturated heterocycles. The number of hydrogen-bond acceptors (Lipinski definition) is 5. The fraction of sp³-hybridized carbons (Fsp3) is 0.125. The van der Waals surface area contributed by atoms with E-state index >= 15 is 0 Å². The van der Waals surface area contributed by atoms with E-state index in [2.05, 4.69) is 13.0 Å². The molecule has 1 aromatic heterocycles. The number of benzene rings is 2. The standard InChI is InChI=1S/C24H19NO4S2/c1-14-3-4-16(11-15(14)2)13-25-22(26)21(31-24(25)30)12-19-9-10-20(29-19)17-5-7-18(8-6-17)23(27)28/h3-12H,13H2,1-2H3,(H,27,28)/b21-12-. The molecule has 1 amide bonds. The number of carboxylic acid groups (broad SMARTS) is 1.